The molecular weight excluding hydrogens is 441 g/mol. The first-order valence-electron chi connectivity index (χ1n) is 10.7. The molecule has 6 nitrogen and oxygen atoms in total. The van der Waals surface area contributed by atoms with Crippen LogP contribution in [0.1, 0.15) is 15.9 Å². The number of nitrogens with zero attached hydrogens (tertiary/aromatic N) is 2. The number of aryl methyl sites for hydroxylation is 1. The average Bonchev–Trinajstić information content (AvgIpc) is 3.23. The Morgan fingerprint density at radius 2 is 1.76 bits per heavy atom. The highest BCUT2D eigenvalue weighted by molar-refractivity contribution is 7.15. The zero-order valence-electron chi connectivity index (χ0n) is 18.6. The summed E-state index contributed by atoms with van der Waals surface area (Å²) in [5.41, 5.74) is 4.05. The van der Waals surface area contributed by atoms with E-state index in [1.807, 2.05) is 12.1 Å². The second-order valence-corrected chi connectivity index (χ2v) is 8.83. The van der Waals surface area contributed by atoms with Gasteiger partial charge in [-0.15, -0.1) is 11.3 Å². The maximum absolute atomic E-state index is 13.3. The van der Waals surface area contributed by atoms with Gasteiger partial charge in [0.2, 0.25) is 5.91 Å². The lowest BCUT2D eigenvalue weighted by atomic mass is 10.0. The molecule has 1 aliphatic heterocycles. The number of rotatable bonds is 6. The number of nitrogens with one attached hydrogen (secondary N) is 1. The standard InChI is InChI=1S/C25H26FN3O3S/c1-17-5-3-4-6-21(17)29-13-11-28(12-14-29)15-22(30)27-24-23(25(31)32-2)20(16-33-24)18-7-9-19(26)10-8-18/h3-10,16H,11-15H2,1-2H3,(H,27,30). The number of carbonyl (C=O) groups is 2. The monoisotopic (exact) mass is 467 g/mol. The highest BCUT2D eigenvalue weighted by Crippen LogP contribution is 2.36. The Labute approximate surface area is 196 Å². The smallest absolute Gasteiger partial charge is 0.341 e. The Balaban J connectivity index is 1.41. The molecule has 0 atom stereocenters. The van der Waals surface area contributed by atoms with Crippen LogP contribution in [0.15, 0.2) is 53.9 Å². The van der Waals surface area contributed by atoms with Crippen LogP contribution in [0.3, 0.4) is 0 Å². The molecule has 2 heterocycles. The van der Waals surface area contributed by atoms with E-state index in [2.05, 4.69) is 34.2 Å². The quantitative estimate of drug-likeness (QED) is 0.544. The highest BCUT2D eigenvalue weighted by atomic mass is 32.1. The van der Waals surface area contributed by atoms with E-state index in [1.54, 1.807) is 17.5 Å². The Kier molecular flexibility index (Phi) is 7.05. The third-order valence-electron chi connectivity index (χ3n) is 5.78. The molecule has 1 saturated heterocycles. The van der Waals surface area contributed by atoms with Gasteiger partial charge in [-0.1, -0.05) is 30.3 Å². The molecule has 1 fully saturated rings. The van der Waals surface area contributed by atoms with Crippen molar-refractivity contribution < 1.29 is 18.7 Å². The zero-order chi connectivity index (χ0) is 23.4. The van der Waals surface area contributed by atoms with Gasteiger partial charge in [0.15, 0.2) is 0 Å². The summed E-state index contributed by atoms with van der Waals surface area (Å²) in [5, 5.41) is 5.08. The molecule has 1 N–H and O–H groups in total. The van der Waals surface area contributed by atoms with Crippen LogP contribution >= 0.6 is 11.3 Å². The Morgan fingerprint density at radius 1 is 1.06 bits per heavy atom. The third-order valence-corrected chi connectivity index (χ3v) is 6.68. The Hall–Kier alpha value is -3.23. The molecule has 1 amide bonds. The van der Waals surface area contributed by atoms with Crippen molar-refractivity contribution in [3.63, 3.8) is 0 Å². The van der Waals surface area contributed by atoms with E-state index in [9.17, 15) is 14.0 Å². The summed E-state index contributed by atoms with van der Waals surface area (Å²) in [4.78, 5) is 29.7. The van der Waals surface area contributed by atoms with E-state index in [0.29, 0.717) is 16.1 Å². The predicted molar refractivity (Wildman–Crippen MR) is 130 cm³/mol. The number of thiophene rings is 1. The number of para-hydroxylation sites is 1. The molecule has 8 heteroatoms. The van der Waals surface area contributed by atoms with E-state index in [4.69, 9.17) is 4.74 Å². The number of halogens is 1. The van der Waals surface area contributed by atoms with Crippen LogP contribution in [-0.4, -0.2) is 56.6 Å². The van der Waals surface area contributed by atoms with Crippen molar-refractivity contribution in [3.05, 3.63) is 70.9 Å². The largest absolute Gasteiger partial charge is 0.465 e. The lowest BCUT2D eigenvalue weighted by Gasteiger charge is -2.36. The summed E-state index contributed by atoms with van der Waals surface area (Å²) in [6.07, 6.45) is 0. The molecule has 0 saturated carbocycles. The molecule has 4 rings (SSSR count). The van der Waals surface area contributed by atoms with Crippen LogP contribution in [0.25, 0.3) is 11.1 Å². The van der Waals surface area contributed by atoms with Crippen LogP contribution < -0.4 is 10.2 Å². The van der Waals surface area contributed by atoms with Gasteiger partial charge >= 0.3 is 5.97 Å². The van der Waals surface area contributed by atoms with Gasteiger partial charge < -0.3 is 15.0 Å². The first-order chi connectivity index (χ1) is 16.0. The van der Waals surface area contributed by atoms with Crippen molar-refractivity contribution in [3.8, 4) is 11.1 Å². The minimum atomic E-state index is -0.544. The number of ether oxygens (including phenoxy) is 1. The molecule has 1 aromatic heterocycles. The van der Waals surface area contributed by atoms with Crippen molar-refractivity contribution in [2.75, 3.05) is 50.1 Å². The van der Waals surface area contributed by atoms with Crippen LogP contribution in [-0.2, 0) is 9.53 Å². The van der Waals surface area contributed by atoms with E-state index in [1.165, 1.54) is 41.8 Å². The van der Waals surface area contributed by atoms with Crippen LogP contribution in [0, 0.1) is 12.7 Å². The number of esters is 1. The molecule has 0 unspecified atom stereocenters. The van der Waals surface area contributed by atoms with Crippen LogP contribution in [0.2, 0.25) is 0 Å². The topological polar surface area (TPSA) is 61.9 Å². The van der Waals surface area contributed by atoms with Gasteiger partial charge in [0.25, 0.3) is 0 Å². The summed E-state index contributed by atoms with van der Waals surface area (Å²) >= 11 is 1.26. The van der Waals surface area contributed by atoms with Gasteiger partial charge in [-0.2, -0.15) is 0 Å². The molecule has 0 radical (unpaired) electrons. The molecule has 1 aliphatic rings. The minimum Gasteiger partial charge on any atom is -0.465 e. The number of anilines is 2. The molecule has 0 aliphatic carbocycles. The van der Waals surface area contributed by atoms with E-state index in [0.717, 1.165) is 26.2 Å². The van der Waals surface area contributed by atoms with Gasteiger partial charge in [-0.3, -0.25) is 9.69 Å². The van der Waals surface area contributed by atoms with Crippen molar-refractivity contribution in [2.45, 2.75) is 6.92 Å². The number of hydrogen-bond acceptors (Lipinski definition) is 6. The van der Waals surface area contributed by atoms with E-state index in [-0.39, 0.29) is 23.8 Å². The number of piperazine rings is 1. The van der Waals surface area contributed by atoms with Gasteiger partial charge in [0.05, 0.1) is 13.7 Å². The number of carbonyl (C=O) groups excluding carboxylic acids is 2. The fourth-order valence-corrected chi connectivity index (χ4v) is 5.00. The predicted octanol–water partition coefficient (Wildman–Crippen LogP) is 4.41. The normalized spacial score (nSPS) is 14.2. The van der Waals surface area contributed by atoms with Crippen LogP contribution in [0.4, 0.5) is 15.1 Å². The number of benzene rings is 2. The maximum Gasteiger partial charge on any atom is 0.341 e. The van der Waals surface area contributed by atoms with Gasteiger partial charge in [0, 0.05) is 42.8 Å². The second-order valence-electron chi connectivity index (χ2n) is 7.95. The maximum atomic E-state index is 13.3. The van der Waals surface area contributed by atoms with Crippen LogP contribution in [0.5, 0.6) is 0 Å². The van der Waals surface area contributed by atoms with Crippen molar-refractivity contribution in [1.29, 1.82) is 0 Å². The minimum absolute atomic E-state index is 0.183. The van der Waals surface area contributed by atoms with E-state index >= 15 is 0 Å². The summed E-state index contributed by atoms with van der Waals surface area (Å²) in [6, 6.07) is 14.2. The number of hydrogen-bond donors (Lipinski definition) is 1. The van der Waals surface area contributed by atoms with Crippen molar-refractivity contribution in [1.82, 2.24) is 4.90 Å². The summed E-state index contributed by atoms with van der Waals surface area (Å²) in [5.74, 6) is -1.08. The number of amides is 1. The fraction of sp³-hybridized carbons (Fsp3) is 0.280. The molecule has 33 heavy (non-hydrogen) atoms. The molecule has 0 spiro atoms. The number of methoxy groups -OCH3 is 1. The lowest BCUT2D eigenvalue weighted by molar-refractivity contribution is -0.117. The average molecular weight is 468 g/mol. The summed E-state index contributed by atoms with van der Waals surface area (Å²) < 4.78 is 18.3. The summed E-state index contributed by atoms with van der Waals surface area (Å²) in [7, 11) is 1.30. The molecule has 0 bridgehead atoms. The lowest BCUT2D eigenvalue weighted by Crippen LogP contribution is -2.48. The molecule has 172 valence electrons. The summed E-state index contributed by atoms with van der Waals surface area (Å²) in [6.45, 7) is 5.59. The van der Waals surface area contributed by atoms with Crippen molar-refractivity contribution >= 4 is 33.9 Å². The first-order valence-corrected chi connectivity index (χ1v) is 11.6. The zero-order valence-corrected chi connectivity index (χ0v) is 19.5. The molecule has 2 aromatic carbocycles. The SMILES string of the molecule is COC(=O)c1c(-c2ccc(F)cc2)csc1NC(=O)CN1CCN(c2ccccc2C)CC1. The third kappa shape index (κ3) is 5.23. The Bertz CT molecular complexity index is 1140. The Morgan fingerprint density at radius 3 is 2.42 bits per heavy atom. The van der Waals surface area contributed by atoms with Gasteiger partial charge in [-0.05, 0) is 36.2 Å². The fourth-order valence-electron chi connectivity index (χ4n) is 4.03. The first kappa shape index (κ1) is 22.9. The highest BCUT2D eigenvalue weighted by Gasteiger charge is 2.24. The molecular formula is C25H26FN3O3S. The van der Waals surface area contributed by atoms with Gasteiger partial charge in [0.1, 0.15) is 16.4 Å². The van der Waals surface area contributed by atoms with Gasteiger partial charge in [-0.25, -0.2) is 9.18 Å². The second kappa shape index (κ2) is 10.1. The van der Waals surface area contributed by atoms with E-state index < -0.39 is 5.97 Å². The molecule has 3 aromatic rings. The van der Waals surface area contributed by atoms with Crippen molar-refractivity contribution in [2.24, 2.45) is 0 Å².